The van der Waals surface area contributed by atoms with E-state index in [1.54, 1.807) is 0 Å². The summed E-state index contributed by atoms with van der Waals surface area (Å²) < 4.78 is 13.5. The fourth-order valence-electron chi connectivity index (χ4n) is 1.62. The molecule has 1 atom stereocenters. The lowest BCUT2D eigenvalue weighted by atomic mass is 9.94. The van der Waals surface area contributed by atoms with Crippen molar-refractivity contribution >= 4 is 5.97 Å². The second-order valence-corrected chi connectivity index (χ2v) is 3.96. The molecule has 3 N–H and O–H groups in total. The van der Waals surface area contributed by atoms with Crippen LogP contribution in [0.5, 0.6) is 0 Å². The van der Waals surface area contributed by atoms with Gasteiger partial charge in [-0.2, -0.15) is 0 Å². The number of rotatable bonds is 4. The predicted octanol–water partition coefficient (Wildman–Crippen LogP) is 2.28. The maximum Gasteiger partial charge on any atom is 0.336 e. The normalized spacial score (nSPS) is 12.5. The van der Waals surface area contributed by atoms with E-state index in [0.717, 1.165) is 0 Å². The summed E-state index contributed by atoms with van der Waals surface area (Å²) in [5, 5.41) is 8.93. The van der Waals surface area contributed by atoms with Crippen LogP contribution in [0, 0.1) is 12.7 Å². The lowest BCUT2D eigenvalue weighted by molar-refractivity contribution is 0.0695. The molecular weight excluding hydrogens is 209 g/mol. The van der Waals surface area contributed by atoms with Gasteiger partial charge in [-0.3, -0.25) is 0 Å². The maximum absolute atomic E-state index is 13.5. The van der Waals surface area contributed by atoms with Gasteiger partial charge in [0, 0.05) is 0 Å². The maximum atomic E-state index is 13.5. The topological polar surface area (TPSA) is 63.3 Å². The zero-order valence-corrected chi connectivity index (χ0v) is 9.46. The third-order valence-corrected chi connectivity index (χ3v) is 2.77. The van der Waals surface area contributed by atoms with Gasteiger partial charge < -0.3 is 10.8 Å². The molecule has 16 heavy (non-hydrogen) atoms. The third-order valence-electron chi connectivity index (χ3n) is 2.77. The van der Waals surface area contributed by atoms with Crippen molar-refractivity contribution in [2.75, 3.05) is 6.54 Å². The zero-order valence-electron chi connectivity index (χ0n) is 9.46. The number of hydrogen-bond acceptors (Lipinski definition) is 2. The van der Waals surface area contributed by atoms with Crippen LogP contribution in [0.15, 0.2) is 12.1 Å². The fraction of sp³-hybridized carbons (Fsp3) is 0.417. The molecule has 0 aliphatic heterocycles. The molecule has 1 aromatic carbocycles. The predicted molar refractivity (Wildman–Crippen MR) is 60.2 cm³/mol. The molecule has 0 saturated heterocycles. The molecule has 0 saturated carbocycles. The van der Waals surface area contributed by atoms with Crippen LogP contribution in [0.4, 0.5) is 4.39 Å². The minimum atomic E-state index is -1.10. The molecule has 0 aliphatic carbocycles. The highest BCUT2D eigenvalue weighted by Crippen LogP contribution is 2.23. The van der Waals surface area contributed by atoms with Crippen LogP contribution in [0.1, 0.15) is 40.7 Å². The Balaban J connectivity index is 3.18. The molecule has 0 amide bonds. The van der Waals surface area contributed by atoms with Crippen LogP contribution in [-0.2, 0) is 0 Å². The van der Waals surface area contributed by atoms with E-state index in [1.165, 1.54) is 19.1 Å². The first-order chi connectivity index (χ1) is 7.47. The molecular formula is C12H16FNO2. The summed E-state index contributed by atoms with van der Waals surface area (Å²) in [6.07, 6.45) is 0.710. The molecule has 0 heterocycles. The quantitative estimate of drug-likeness (QED) is 0.826. The SMILES string of the molecule is Cc1c(F)cc(C(C)CCN)cc1C(=O)O. The first-order valence-electron chi connectivity index (χ1n) is 5.20. The molecule has 0 aliphatic rings. The van der Waals surface area contributed by atoms with Crippen LogP contribution in [0.25, 0.3) is 0 Å². The summed E-state index contributed by atoms with van der Waals surface area (Å²) in [4.78, 5) is 10.9. The summed E-state index contributed by atoms with van der Waals surface area (Å²) in [5.41, 5.74) is 6.31. The van der Waals surface area contributed by atoms with E-state index in [2.05, 4.69) is 0 Å². The van der Waals surface area contributed by atoms with Crippen molar-refractivity contribution in [1.82, 2.24) is 0 Å². The molecule has 1 rings (SSSR count). The second-order valence-electron chi connectivity index (χ2n) is 3.96. The first-order valence-corrected chi connectivity index (χ1v) is 5.20. The van der Waals surface area contributed by atoms with Gasteiger partial charge in [-0.05, 0) is 49.1 Å². The van der Waals surface area contributed by atoms with E-state index in [0.29, 0.717) is 18.5 Å². The van der Waals surface area contributed by atoms with Gasteiger partial charge in [0.15, 0.2) is 0 Å². The van der Waals surface area contributed by atoms with Gasteiger partial charge in [0.1, 0.15) is 5.82 Å². The van der Waals surface area contributed by atoms with E-state index < -0.39 is 11.8 Å². The van der Waals surface area contributed by atoms with Crippen molar-refractivity contribution in [3.63, 3.8) is 0 Å². The van der Waals surface area contributed by atoms with Gasteiger partial charge in [-0.15, -0.1) is 0 Å². The van der Waals surface area contributed by atoms with E-state index in [4.69, 9.17) is 10.8 Å². The van der Waals surface area contributed by atoms with Gasteiger partial charge in [-0.25, -0.2) is 9.18 Å². The highest BCUT2D eigenvalue weighted by atomic mass is 19.1. The third kappa shape index (κ3) is 2.58. The molecule has 0 spiro atoms. The molecule has 3 nitrogen and oxygen atoms in total. The van der Waals surface area contributed by atoms with E-state index in [-0.39, 0.29) is 17.0 Å². The molecule has 4 heteroatoms. The van der Waals surface area contributed by atoms with Crippen molar-refractivity contribution in [2.45, 2.75) is 26.2 Å². The minimum absolute atomic E-state index is 0.0267. The van der Waals surface area contributed by atoms with Gasteiger partial charge in [0.25, 0.3) is 0 Å². The van der Waals surface area contributed by atoms with E-state index in [9.17, 15) is 9.18 Å². The molecule has 0 aromatic heterocycles. The Hall–Kier alpha value is -1.42. The van der Waals surface area contributed by atoms with Crippen molar-refractivity contribution in [1.29, 1.82) is 0 Å². The van der Waals surface area contributed by atoms with Gasteiger partial charge in [0.2, 0.25) is 0 Å². The Morgan fingerprint density at radius 3 is 2.69 bits per heavy atom. The van der Waals surface area contributed by atoms with E-state index >= 15 is 0 Å². The smallest absolute Gasteiger partial charge is 0.336 e. The van der Waals surface area contributed by atoms with Crippen molar-refractivity contribution in [2.24, 2.45) is 5.73 Å². The lowest BCUT2D eigenvalue weighted by Gasteiger charge is -2.13. The average Bonchev–Trinajstić information content (AvgIpc) is 2.21. The Kier molecular flexibility index (Phi) is 4.01. The number of aromatic carboxylic acids is 1. The zero-order chi connectivity index (χ0) is 12.3. The lowest BCUT2D eigenvalue weighted by Crippen LogP contribution is -2.08. The van der Waals surface area contributed by atoms with Gasteiger partial charge >= 0.3 is 5.97 Å². The molecule has 1 unspecified atom stereocenters. The van der Waals surface area contributed by atoms with Crippen LogP contribution in [0.2, 0.25) is 0 Å². The first kappa shape index (κ1) is 12.6. The second kappa shape index (κ2) is 5.07. The summed E-state index contributed by atoms with van der Waals surface area (Å²) in [5.74, 6) is -1.50. The summed E-state index contributed by atoms with van der Waals surface area (Å²) in [6, 6.07) is 2.92. The highest BCUT2D eigenvalue weighted by molar-refractivity contribution is 5.89. The Labute approximate surface area is 94.1 Å². The van der Waals surface area contributed by atoms with Crippen molar-refractivity contribution < 1.29 is 14.3 Å². The molecule has 0 radical (unpaired) electrons. The van der Waals surface area contributed by atoms with Crippen LogP contribution in [0.3, 0.4) is 0 Å². The summed E-state index contributed by atoms with van der Waals surface area (Å²) in [6.45, 7) is 3.87. The molecule has 1 aromatic rings. The fourth-order valence-corrected chi connectivity index (χ4v) is 1.62. The van der Waals surface area contributed by atoms with Gasteiger partial charge in [0.05, 0.1) is 5.56 Å². The number of benzene rings is 1. The number of carboxylic acids is 1. The van der Waals surface area contributed by atoms with Crippen LogP contribution >= 0.6 is 0 Å². The molecule has 0 fully saturated rings. The Bertz CT molecular complexity index is 404. The largest absolute Gasteiger partial charge is 0.478 e. The number of hydrogen-bond donors (Lipinski definition) is 2. The Morgan fingerprint density at radius 2 is 2.19 bits per heavy atom. The van der Waals surface area contributed by atoms with Gasteiger partial charge in [-0.1, -0.05) is 6.92 Å². The van der Waals surface area contributed by atoms with Crippen LogP contribution in [-0.4, -0.2) is 17.6 Å². The number of nitrogens with two attached hydrogens (primary N) is 1. The standard InChI is InChI=1S/C12H16FNO2/c1-7(3-4-14)9-5-10(12(15)16)8(2)11(13)6-9/h5-7H,3-4,14H2,1-2H3,(H,15,16). The number of carboxylic acid groups (broad SMARTS) is 1. The highest BCUT2D eigenvalue weighted by Gasteiger charge is 2.15. The Morgan fingerprint density at radius 1 is 1.56 bits per heavy atom. The monoisotopic (exact) mass is 225 g/mol. The minimum Gasteiger partial charge on any atom is -0.478 e. The summed E-state index contributed by atoms with van der Waals surface area (Å²) >= 11 is 0. The number of halogens is 1. The van der Waals surface area contributed by atoms with Crippen molar-refractivity contribution in [3.8, 4) is 0 Å². The van der Waals surface area contributed by atoms with Crippen molar-refractivity contribution in [3.05, 3.63) is 34.6 Å². The number of carbonyl (C=O) groups is 1. The van der Waals surface area contributed by atoms with E-state index in [1.807, 2.05) is 6.92 Å². The average molecular weight is 225 g/mol. The molecule has 88 valence electrons. The summed E-state index contributed by atoms with van der Waals surface area (Å²) in [7, 11) is 0. The van der Waals surface area contributed by atoms with Crippen LogP contribution < -0.4 is 5.73 Å². The molecule has 0 bridgehead atoms.